The lowest BCUT2D eigenvalue weighted by molar-refractivity contribution is 0.0469. The second-order valence-electron chi connectivity index (χ2n) is 6.66. The summed E-state index contributed by atoms with van der Waals surface area (Å²) in [5, 5.41) is 7.12. The van der Waals surface area contributed by atoms with E-state index < -0.39 is 0 Å². The van der Waals surface area contributed by atoms with Gasteiger partial charge in [0.05, 0.1) is 22.5 Å². The van der Waals surface area contributed by atoms with E-state index in [2.05, 4.69) is 10.1 Å². The Balaban J connectivity index is 1.44. The van der Waals surface area contributed by atoms with Crippen LogP contribution in [0.1, 0.15) is 26.6 Å². The number of ether oxygens (including phenoxy) is 3. The number of thiazole rings is 1. The first-order chi connectivity index (χ1) is 15.7. The summed E-state index contributed by atoms with van der Waals surface area (Å²) in [4.78, 5) is 16.6. The second kappa shape index (κ2) is 10.5. The number of esters is 1. The van der Waals surface area contributed by atoms with Gasteiger partial charge in [0.15, 0.2) is 6.79 Å². The number of hydrogen-bond donors (Lipinski definition) is 0. The van der Waals surface area contributed by atoms with Crippen molar-refractivity contribution in [3.63, 3.8) is 0 Å². The van der Waals surface area contributed by atoms with Crippen LogP contribution in [0.15, 0.2) is 72.2 Å². The minimum absolute atomic E-state index is 0.0975. The standard InChI is InChI=1S/C24H21N3O4S/c1-29-17-31-23-19(14-27(26-23)21-10-6-3-7-11-21)12-13-20-16-32-22(25-20)15-30-24(28)18-8-4-2-5-9-18/h2-14,16H,15,17H2,1H3/b13-12+. The third kappa shape index (κ3) is 5.48. The Morgan fingerprint density at radius 2 is 1.81 bits per heavy atom. The van der Waals surface area contributed by atoms with Crippen LogP contribution in [0, 0.1) is 0 Å². The van der Waals surface area contributed by atoms with E-state index in [-0.39, 0.29) is 19.4 Å². The van der Waals surface area contributed by atoms with E-state index in [0.29, 0.717) is 16.5 Å². The molecule has 0 atom stereocenters. The van der Waals surface area contributed by atoms with Gasteiger partial charge in [-0.2, -0.15) is 0 Å². The van der Waals surface area contributed by atoms with Crippen LogP contribution in [-0.2, 0) is 16.1 Å². The summed E-state index contributed by atoms with van der Waals surface area (Å²) in [5.74, 6) is 0.0883. The smallest absolute Gasteiger partial charge is 0.338 e. The second-order valence-corrected chi connectivity index (χ2v) is 7.60. The highest BCUT2D eigenvalue weighted by Crippen LogP contribution is 2.22. The molecular formula is C24H21N3O4S. The molecule has 32 heavy (non-hydrogen) atoms. The monoisotopic (exact) mass is 447 g/mol. The first-order valence-corrected chi connectivity index (χ1v) is 10.7. The zero-order valence-electron chi connectivity index (χ0n) is 17.4. The van der Waals surface area contributed by atoms with Gasteiger partial charge in [-0.05, 0) is 36.4 Å². The Bertz CT molecular complexity index is 1190. The largest absolute Gasteiger partial charge is 0.455 e. The molecule has 0 spiro atoms. The molecule has 7 nitrogen and oxygen atoms in total. The lowest BCUT2D eigenvalue weighted by Crippen LogP contribution is -2.04. The molecule has 2 heterocycles. The third-order valence-electron chi connectivity index (χ3n) is 4.38. The summed E-state index contributed by atoms with van der Waals surface area (Å²) >= 11 is 1.43. The first-order valence-electron chi connectivity index (χ1n) is 9.84. The quantitative estimate of drug-likeness (QED) is 0.270. The SMILES string of the molecule is COCOc1nn(-c2ccccc2)cc1/C=C/c1csc(COC(=O)c2ccccc2)n1. The molecule has 0 fully saturated rings. The number of para-hydroxylation sites is 1. The third-order valence-corrected chi connectivity index (χ3v) is 5.22. The molecule has 2 aromatic carbocycles. The molecule has 162 valence electrons. The summed E-state index contributed by atoms with van der Waals surface area (Å²) in [7, 11) is 1.56. The van der Waals surface area contributed by atoms with Crippen LogP contribution >= 0.6 is 11.3 Å². The highest BCUT2D eigenvalue weighted by molar-refractivity contribution is 7.09. The Kier molecular flexibility index (Phi) is 7.06. The number of benzene rings is 2. The molecule has 0 unspecified atom stereocenters. The molecule has 0 aliphatic rings. The number of nitrogens with zero attached hydrogens (tertiary/aromatic N) is 3. The zero-order valence-corrected chi connectivity index (χ0v) is 18.2. The lowest BCUT2D eigenvalue weighted by atomic mass is 10.2. The van der Waals surface area contributed by atoms with Gasteiger partial charge in [-0.15, -0.1) is 16.4 Å². The Hall–Kier alpha value is -3.75. The predicted molar refractivity (Wildman–Crippen MR) is 123 cm³/mol. The summed E-state index contributed by atoms with van der Waals surface area (Å²) < 4.78 is 17.7. The molecule has 0 aliphatic heterocycles. The molecule has 2 aromatic heterocycles. The number of rotatable bonds is 9. The summed E-state index contributed by atoms with van der Waals surface area (Å²) in [6.45, 7) is 0.223. The topological polar surface area (TPSA) is 75.5 Å². The van der Waals surface area contributed by atoms with Crippen LogP contribution in [0.2, 0.25) is 0 Å². The molecule has 0 N–H and O–H groups in total. The van der Waals surface area contributed by atoms with E-state index in [9.17, 15) is 4.79 Å². The highest BCUT2D eigenvalue weighted by Gasteiger charge is 2.11. The summed E-state index contributed by atoms with van der Waals surface area (Å²) in [6.07, 6.45) is 5.63. The van der Waals surface area contributed by atoms with Crippen LogP contribution in [-0.4, -0.2) is 34.6 Å². The average molecular weight is 448 g/mol. The minimum Gasteiger partial charge on any atom is -0.455 e. The maximum atomic E-state index is 12.1. The van der Waals surface area contributed by atoms with Crippen molar-refractivity contribution in [3.05, 3.63) is 94.1 Å². The zero-order chi connectivity index (χ0) is 22.2. The van der Waals surface area contributed by atoms with Crippen molar-refractivity contribution in [2.24, 2.45) is 0 Å². The molecule has 4 rings (SSSR count). The number of methoxy groups -OCH3 is 1. The summed E-state index contributed by atoms with van der Waals surface area (Å²) in [6, 6.07) is 18.7. The number of carbonyl (C=O) groups is 1. The Morgan fingerprint density at radius 3 is 2.56 bits per heavy atom. The highest BCUT2D eigenvalue weighted by atomic mass is 32.1. The van der Waals surface area contributed by atoms with Crippen molar-refractivity contribution in [2.75, 3.05) is 13.9 Å². The van der Waals surface area contributed by atoms with Crippen molar-refractivity contribution in [1.29, 1.82) is 0 Å². The van der Waals surface area contributed by atoms with E-state index >= 15 is 0 Å². The maximum Gasteiger partial charge on any atom is 0.338 e. The van der Waals surface area contributed by atoms with Gasteiger partial charge in [0.2, 0.25) is 5.88 Å². The van der Waals surface area contributed by atoms with Crippen LogP contribution < -0.4 is 4.74 Å². The van der Waals surface area contributed by atoms with Crippen molar-refractivity contribution in [3.8, 4) is 11.6 Å². The van der Waals surface area contributed by atoms with E-state index in [4.69, 9.17) is 14.2 Å². The van der Waals surface area contributed by atoms with Crippen LogP contribution in [0.25, 0.3) is 17.8 Å². The molecule has 8 heteroatoms. The summed E-state index contributed by atoms with van der Waals surface area (Å²) in [5.41, 5.74) is 2.98. The Morgan fingerprint density at radius 1 is 1.06 bits per heavy atom. The fourth-order valence-electron chi connectivity index (χ4n) is 2.85. The van der Waals surface area contributed by atoms with Crippen molar-refractivity contribution in [2.45, 2.75) is 6.61 Å². The minimum atomic E-state index is -0.369. The van der Waals surface area contributed by atoms with Crippen LogP contribution in [0.5, 0.6) is 5.88 Å². The van der Waals surface area contributed by atoms with Crippen molar-refractivity contribution >= 4 is 29.5 Å². The van der Waals surface area contributed by atoms with Gasteiger partial charge in [0.1, 0.15) is 11.6 Å². The molecular weight excluding hydrogens is 426 g/mol. The first kappa shape index (κ1) is 21.5. The normalized spacial score (nSPS) is 11.0. The number of aromatic nitrogens is 3. The fourth-order valence-corrected chi connectivity index (χ4v) is 3.53. The number of hydrogen-bond acceptors (Lipinski definition) is 7. The van der Waals surface area contributed by atoms with E-state index in [0.717, 1.165) is 16.9 Å². The average Bonchev–Trinajstić information content (AvgIpc) is 3.47. The van der Waals surface area contributed by atoms with Crippen LogP contribution in [0.4, 0.5) is 0 Å². The van der Waals surface area contributed by atoms with E-state index in [1.165, 1.54) is 11.3 Å². The van der Waals surface area contributed by atoms with Gasteiger partial charge in [-0.3, -0.25) is 0 Å². The van der Waals surface area contributed by atoms with Crippen molar-refractivity contribution < 1.29 is 19.0 Å². The van der Waals surface area contributed by atoms with E-state index in [1.54, 1.807) is 36.1 Å². The van der Waals surface area contributed by atoms with Crippen LogP contribution in [0.3, 0.4) is 0 Å². The van der Waals surface area contributed by atoms with Gasteiger partial charge in [-0.25, -0.2) is 14.5 Å². The van der Waals surface area contributed by atoms with Gasteiger partial charge >= 0.3 is 5.97 Å². The molecule has 0 amide bonds. The molecule has 0 saturated heterocycles. The molecule has 4 aromatic rings. The molecule has 0 radical (unpaired) electrons. The number of carbonyl (C=O) groups excluding carboxylic acids is 1. The lowest BCUT2D eigenvalue weighted by Gasteiger charge is -2.02. The maximum absolute atomic E-state index is 12.1. The van der Waals surface area contributed by atoms with Gasteiger partial charge in [-0.1, -0.05) is 36.4 Å². The van der Waals surface area contributed by atoms with Gasteiger partial charge in [0, 0.05) is 18.7 Å². The van der Waals surface area contributed by atoms with Crippen molar-refractivity contribution in [1.82, 2.24) is 14.8 Å². The fraction of sp³-hybridized carbons (Fsp3) is 0.125. The molecule has 0 saturated carbocycles. The van der Waals surface area contributed by atoms with Gasteiger partial charge in [0.25, 0.3) is 0 Å². The molecule has 0 aliphatic carbocycles. The predicted octanol–water partition coefficient (Wildman–Crippen LogP) is 4.84. The Labute approximate surface area is 189 Å². The molecule has 0 bridgehead atoms. The van der Waals surface area contributed by atoms with Gasteiger partial charge < -0.3 is 14.2 Å². The van der Waals surface area contributed by atoms with E-state index in [1.807, 2.05) is 60.1 Å².